The number of hydrogen-bond donors (Lipinski definition) is 2. The molecule has 6 heteroatoms. The molecule has 4 nitrogen and oxygen atoms in total. The lowest BCUT2D eigenvalue weighted by Crippen LogP contribution is -2.38. The van der Waals surface area contributed by atoms with Crippen molar-refractivity contribution < 1.29 is 13.9 Å². The highest BCUT2D eigenvalue weighted by Gasteiger charge is 2.18. The molecule has 0 bridgehead atoms. The van der Waals surface area contributed by atoms with E-state index in [1.54, 1.807) is 0 Å². The van der Waals surface area contributed by atoms with E-state index in [4.69, 9.17) is 16.3 Å². The summed E-state index contributed by atoms with van der Waals surface area (Å²) in [5.74, 6) is -0.521. The van der Waals surface area contributed by atoms with Crippen molar-refractivity contribution in [3.05, 3.63) is 29.0 Å². The first-order valence-corrected chi connectivity index (χ1v) is 5.63. The lowest BCUT2D eigenvalue weighted by molar-refractivity contribution is 0.189. The molecule has 2 N–H and O–H groups in total. The fraction of sp³-hybridized carbons (Fsp3) is 0.364. The van der Waals surface area contributed by atoms with Gasteiger partial charge in [-0.05, 0) is 24.6 Å². The van der Waals surface area contributed by atoms with Crippen molar-refractivity contribution in [3.8, 4) is 0 Å². The van der Waals surface area contributed by atoms with E-state index < -0.39 is 11.8 Å². The monoisotopic (exact) mass is 258 g/mol. The van der Waals surface area contributed by atoms with Crippen molar-refractivity contribution in [2.45, 2.75) is 12.5 Å². The lowest BCUT2D eigenvalue weighted by atomic mass is 10.2. The summed E-state index contributed by atoms with van der Waals surface area (Å²) in [6.45, 7) is 1.13. The van der Waals surface area contributed by atoms with Crippen LogP contribution in [0.3, 0.4) is 0 Å². The van der Waals surface area contributed by atoms with Crippen molar-refractivity contribution in [3.63, 3.8) is 0 Å². The van der Waals surface area contributed by atoms with Crippen LogP contribution in [0.2, 0.25) is 5.02 Å². The van der Waals surface area contributed by atoms with Gasteiger partial charge in [-0.25, -0.2) is 9.18 Å². The van der Waals surface area contributed by atoms with Crippen LogP contribution in [-0.2, 0) is 4.74 Å². The van der Waals surface area contributed by atoms with E-state index in [1.807, 2.05) is 0 Å². The number of carbonyl (C=O) groups is 1. The molecule has 0 aromatic heterocycles. The van der Waals surface area contributed by atoms with Crippen LogP contribution < -0.4 is 10.6 Å². The van der Waals surface area contributed by atoms with Crippen LogP contribution in [-0.4, -0.2) is 25.3 Å². The number of urea groups is 1. The number of rotatable bonds is 2. The number of anilines is 1. The van der Waals surface area contributed by atoms with Gasteiger partial charge in [-0.15, -0.1) is 0 Å². The topological polar surface area (TPSA) is 50.4 Å². The second kappa shape index (κ2) is 5.33. The van der Waals surface area contributed by atoms with Gasteiger partial charge in [-0.1, -0.05) is 11.6 Å². The van der Waals surface area contributed by atoms with Crippen molar-refractivity contribution in [1.29, 1.82) is 0 Å². The zero-order chi connectivity index (χ0) is 12.3. The van der Waals surface area contributed by atoms with Gasteiger partial charge in [0.15, 0.2) is 0 Å². The Kier molecular flexibility index (Phi) is 3.81. The lowest BCUT2D eigenvalue weighted by Gasteiger charge is -2.12. The van der Waals surface area contributed by atoms with E-state index >= 15 is 0 Å². The third-order valence-electron chi connectivity index (χ3n) is 2.44. The predicted octanol–water partition coefficient (Wildman–Crippen LogP) is 2.39. The standard InChI is InChI=1S/C11H12ClFN2O2/c12-7-1-2-9(13)10(5-7)15-11(16)14-8-3-4-17-6-8/h1-2,5,8H,3-4,6H2,(H2,14,15,16). The molecule has 92 valence electrons. The van der Waals surface area contributed by atoms with Gasteiger partial charge in [0, 0.05) is 11.6 Å². The van der Waals surface area contributed by atoms with Crippen molar-refractivity contribution in [1.82, 2.24) is 5.32 Å². The molecule has 2 rings (SSSR count). The van der Waals surface area contributed by atoms with Gasteiger partial charge >= 0.3 is 6.03 Å². The molecule has 1 aliphatic heterocycles. The summed E-state index contributed by atoms with van der Waals surface area (Å²) >= 11 is 5.71. The van der Waals surface area contributed by atoms with Gasteiger partial charge in [0.1, 0.15) is 5.82 Å². The van der Waals surface area contributed by atoms with Crippen LogP contribution in [0, 0.1) is 5.82 Å². The number of nitrogens with one attached hydrogen (secondary N) is 2. The Morgan fingerprint density at radius 3 is 3.06 bits per heavy atom. The van der Waals surface area contributed by atoms with Gasteiger partial charge in [0.25, 0.3) is 0 Å². The molecule has 1 atom stereocenters. The van der Waals surface area contributed by atoms with E-state index in [2.05, 4.69) is 10.6 Å². The highest BCUT2D eigenvalue weighted by atomic mass is 35.5. The minimum Gasteiger partial charge on any atom is -0.379 e. The smallest absolute Gasteiger partial charge is 0.319 e. The predicted molar refractivity (Wildman–Crippen MR) is 62.8 cm³/mol. The van der Waals surface area contributed by atoms with Crippen LogP contribution in [0.1, 0.15) is 6.42 Å². The SMILES string of the molecule is O=C(Nc1cc(Cl)ccc1F)NC1CCOC1. The van der Waals surface area contributed by atoms with E-state index in [0.717, 1.165) is 6.42 Å². The maximum atomic E-state index is 13.3. The van der Waals surface area contributed by atoms with E-state index in [9.17, 15) is 9.18 Å². The van der Waals surface area contributed by atoms with Crippen LogP contribution in [0.25, 0.3) is 0 Å². The molecule has 1 aliphatic rings. The van der Waals surface area contributed by atoms with Crippen molar-refractivity contribution in [2.24, 2.45) is 0 Å². The molecule has 0 spiro atoms. The molecule has 0 saturated carbocycles. The summed E-state index contributed by atoms with van der Waals surface area (Å²) in [7, 11) is 0. The number of benzene rings is 1. The third kappa shape index (κ3) is 3.31. The van der Waals surface area contributed by atoms with Crippen LogP contribution >= 0.6 is 11.6 Å². The summed E-state index contributed by atoms with van der Waals surface area (Å²) in [6.07, 6.45) is 0.769. The first-order valence-electron chi connectivity index (χ1n) is 5.25. The number of ether oxygens (including phenoxy) is 1. The normalized spacial score (nSPS) is 19.1. The Morgan fingerprint density at radius 1 is 1.53 bits per heavy atom. The van der Waals surface area contributed by atoms with Gasteiger partial charge in [-0.2, -0.15) is 0 Å². The summed E-state index contributed by atoms with van der Waals surface area (Å²) < 4.78 is 18.4. The highest BCUT2D eigenvalue weighted by Crippen LogP contribution is 2.19. The molecule has 1 saturated heterocycles. The molecule has 1 aromatic rings. The van der Waals surface area contributed by atoms with Crippen molar-refractivity contribution >= 4 is 23.3 Å². The summed E-state index contributed by atoms with van der Waals surface area (Å²) in [4.78, 5) is 11.5. The Hall–Kier alpha value is -1.33. The first kappa shape index (κ1) is 12.1. The molecule has 17 heavy (non-hydrogen) atoms. The molecule has 0 aliphatic carbocycles. The Balaban J connectivity index is 1.95. The van der Waals surface area contributed by atoms with Crippen LogP contribution in [0.15, 0.2) is 18.2 Å². The molecule has 1 heterocycles. The molecular weight excluding hydrogens is 247 g/mol. The maximum absolute atomic E-state index is 13.3. The number of amides is 2. The quantitative estimate of drug-likeness (QED) is 0.856. The van der Waals surface area contributed by atoms with Gasteiger partial charge < -0.3 is 15.4 Å². The largest absolute Gasteiger partial charge is 0.379 e. The van der Waals surface area contributed by atoms with E-state index in [-0.39, 0.29) is 11.7 Å². The average Bonchev–Trinajstić information content (AvgIpc) is 2.76. The maximum Gasteiger partial charge on any atom is 0.319 e. The summed E-state index contributed by atoms with van der Waals surface area (Å²) in [6, 6.07) is 3.52. The molecule has 1 aromatic carbocycles. The first-order chi connectivity index (χ1) is 8.15. The van der Waals surface area contributed by atoms with Crippen LogP contribution in [0.5, 0.6) is 0 Å². The fourth-order valence-electron chi connectivity index (χ4n) is 1.59. The Morgan fingerprint density at radius 2 is 2.35 bits per heavy atom. The highest BCUT2D eigenvalue weighted by molar-refractivity contribution is 6.30. The second-order valence-electron chi connectivity index (χ2n) is 3.78. The number of halogens is 2. The van der Waals surface area contributed by atoms with Gasteiger partial charge in [-0.3, -0.25) is 0 Å². The fourth-order valence-corrected chi connectivity index (χ4v) is 1.76. The Labute approximate surface area is 103 Å². The summed E-state index contributed by atoms with van der Waals surface area (Å²) in [5, 5.41) is 5.47. The zero-order valence-corrected chi connectivity index (χ0v) is 9.76. The second-order valence-corrected chi connectivity index (χ2v) is 4.22. The molecule has 0 radical (unpaired) electrons. The van der Waals surface area contributed by atoms with Gasteiger partial charge in [0.2, 0.25) is 0 Å². The minimum atomic E-state index is -0.521. The van der Waals surface area contributed by atoms with Crippen LogP contribution in [0.4, 0.5) is 14.9 Å². The molecular formula is C11H12ClFN2O2. The zero-order valence-electron chi connectivity index (χ0n) is 9.00. The molecule has 1 fully saturated rings. The third-order valence-corrected chi connectivity index (χ3v) is 2.68. The van der Waals surface area contributed by atoms with Crippen molar-refractivity contribution in [2.75, 3.05) is 18.5 Å². The van der Waals surface area contributed by atoms with Gasteiger partial charge in [0.05, 0.1) is 18.3 Å². The molecule has 2 amide bonds. The van der Waals surface area contributed by atoms with E-state index in [1.165, 1.54) is 18.2 Å². The van der Waals surface area contributed by atoms with E-state index in [0.29, 0.717) is 18.2 Å². The molecule has 1 unspecified atom stereocenters. The average molecular weight is 259 g/mol. The number of hydrogen-bond acceptors (Lipinski definition) is 2. The Bertz CT molecular complexity index is 422. The number of carbonyl (C=O) groups excluding carboxylic acids is 1. The minimum absolute atomic E-state index is 0.0164. The summed E-state index contributed by atoms with van der Waals surface area (Å²) in [5.41, 5.74) is 0.0638.